The standard InChI is InChI=1S/C14H19N3O2S/c18-10-11-4-1-7-17(11)8-2-6-13-15-14(16-19-13)12-5-3-9-20-12/h3,5,9,11,18H,1-2,4,6-8,10H2/t11-/m0/s1. The van der Waals surface area contributed by atoms with Gasteiger partial charge >= 0.3 is 0 Å². The number of aromatic nitrogens is 2. The van der Waals surface area contributed by atoms with Crippen LogP contribution >= 0.6 is 11.3 Å². The Bertz CT molecular complexity index is 526. The van der Waals surface area contributed by atoms with Crippen molar-refractivity contribution in [2.75, 3.05) is 19.7 Å². The molecule has 3 rings (SSSR count). The van der Waals surface area contributed by atoms with Crippen LogP contribution in [0.25, 0.3) is 10.7 Å². The summed E-state index contributed by atoms with van der Waals surface area (Å²) in [6.07, 6.45) is 4.09. The highest BCUT2D eigenvalue weighted by Crippen LogP contribution is 2.22. The molecular formula is C14H19N3O2S. The predicted molar refractivity (Wildman–Crippen MR) is 77.6 cm³/mol. The van der Waals surface area contributed by atoms with Crippen LogP contribution in [0.4, 0.5) is 0 Å². The molecule has 5 nitrogen and oxygen atoms in total. The van der Waals surface area contributed by atoms with Gasteiger partial charge in [0, 0.05) is 12.5 Å². The molecule has 20 heavy (non-hydrogen) atoms. The van der Waals surface area contributed by atoms with Crippen LogP contribution in [0.2, 0.25) is 0 Å². The topological polar surface area (TPSA) is 62.4 Å². The molecular weight excluding hydrogens is 274 g/mol. The van der Waals surface area contributed by atoms with Gasteiger partial charge in [0.05, 0.1) is 11.5 Å². The summed E-state index contributed by atoms with van der Waals surface area (Å²) in [4.78, 5) is 7.82. The number of aliphatic hydroxyl groups excluding tert-OH is 1. The molecule has 1 aliphatic heterocycles. The number of likely N-dealkylation sites (tertiary alicyclic amines) is 1. The van der Waals surface area contributed by atoms with E-state index in [9.17, 15) is 5.11 Å². The number of aryl methyl sites for hydroxylation is 1. The van der Waals surface area contributed by atoms with E-state index in [2.05, 4.69) is 15.0 Å². The Kier molecular flexibility index (Phi) is 4.44. The minimum absolute atomic E-state index is 0.267. The van der Waals surface area contributed by atoms with Crippen molar-refractivity contribution in [1.82, 2.24) is 15.0 Å². The Labute approximate surface area is 122 Å². The maximum Gasteiger partial charge on any atom is 0.227 e. The molecule has 3 heterocycles. The van der Waals surface area contributed by atoms with Crippen LogP contribution < -0.4 is 0 Å². The number of aliphatic hydroxyl groups is 1. The SMILES string of the molecule is OC[C@@H]1CCCN1CCCc1nc(-c2cccs2)no1. The lowest BCUT2D eigenvalue weighted by atomic mass is 10.2. The summed E-state index contributed by atoms with van der Waals surface area (Å²) in [6.45, 7) is 2.35. The first-order chi connectivity index (χ1) is 9.86. The number of rotatable bonds is 6. The van der Waals surface area contributed by atoms with Crippen molar-refractivity contribution in [3.63, 3.8) is 0 Å². The molecule has 1 aliphatic rings. The fraction of sp³-hybridized carbons (Fsp3) is 0.571. The van der Waals surface area contributed by atoms with Gasteiger partial charge in [-0.3, -0.25) is 4.90 Å². The quantitative estimate of drug-likeness (QED) is 0.884. The molecule has 6 heteroatoms. The lowest BCUT2D eigenvalue weighted by Crippen LogP contribution is -2.33. The highest BCUT2D eigenvalue weighted by atomic mass is 32.1. The van der Waals surface area contributed by atoms with E-state index in [1.807, 2.05) is 17.5 Å². The van der Waals surface area contributed by atoms with Crippen LogP contribution in [0.1, 0.15) is 25.2 Å². The minimum atomic E-state index is 0.267. The van der Waals surface area contributed by atoms with E-state index in [0.29, 0.717) is 17.8 Å². The van der Waals surface area contributed by atoms with E-state index in [-0.39, 0.29) is 6.61 Å². The molecule has 1 N–H and O–H groups in total. The molecule has 0 radical (unpaired) electrons. The van der Waals surface area contributed by atoms with Crippen LogP contribution in [0.3, 0.4) is 0 Å². The summed E-state index contributed by atoms with van der Waals surface area (Å²) in [7, 11) is 0. The summed E-state index contributed by atoms with van der Waals surface area (Å²) < 4.78 is 5.28. The maximum absolute atomic E-state index is 9.28. The summed E-state index contributed by atoms with van der Waals surface area (Å²) in [6, 6.07) is 4.33. The molecule has 0 aromatic carbocycles. The zero-order chi connectivity index (χ0) is 13.8. The van der Waals surface area contributed by atoms with E-state index in [0.717, 1.165) is 37.2 Å². The molecule has 1 fully saturated rings. The van der Waals surface area contributed by atoms with Gasteiger partial charge in [0.2, 0.25) is 11.7 Å². The molecule has 1 saturated heterocycles. The van der Waals surface area contributed by atoms with Gasteiger partial charge in [-0.25, -0.2) is 0 Å². The van der Waals surface area contributed by atoms with Crippen molar-refractivity contribution >= 4 is 11.3 Å². The van der Waals surface area contributed by atoms with Gasteiger partial charge in [-0.05, 0) is 43.8 Å². The van der Waals surface area contributed by atoms with Gasteiger partial charge < -0.3 is 9.63 Å². The summed E-state index contributed by atoms with van der Waals surface area (Å²) in [5.41, 5.74) is 0. The maximum atomic E-state index is 9.28. The monoisotopic (exact) mass is 293 g/mol. The van der Waals surface area contributed by atoms with Crippen molar-refractivity contribution in [1.29, 1.82) is 0 Å². The Morgan fingerprint density at radius 1 is 1.50 bits per heavy atom. The number of nitrogens with zero attached hydrogens (tertiary/aromatic N) is 3. The van der Waals surface area contributed by atoms with E-state index in [4.69, 9.17) is 4.52 Å². The van der Waals surface area contributed by atoms with Crippen molar-refractivity contribution in [2.45, 2.75) is 31.7 Å². The van der Waals surface area contributed by atoms with Gasteiger partial charge in [0.15, 0.2) is 0 Å². The second kappa shape index (κ2) is 6.47. The van der Waals surface area contributed by atoms with Gasteiger partial charge in [0.25, 0.3) is 0 Å². The zero-order valence-corrected chi connectivity index (χ0v) is 12.2. The predicted octanol–water partition coefficient (Wildman–Crippen LogP) is 2.19. The van der Waals surface area contributed by atoms with Crippen LogP contribution in [-0.4, -0.2) is 45.9 Å². The van der Waals surface area contributed by atoms with Gasteiger partial charge in [-0.1, -0.05) is 11.2 Å². The second-order valence-corrected chi connectivity index (χ2v) is 6.05. The number of hydrogen-bond acceptors (Lipinski definition) is 6. The van der Waals surface area contributed by atoms with Crippen LogP contribution in [0.15, 0.2) is 22.0 Å². The normalized spacial score (nSPS) is 19.8. The first kappa shape index (κ1) is 13.7. The Hall–Kier alpha value is -1.24. The second-order valence-electron chi connectivity index (χ2n) is 5.11. The van der Waals surface area contributed by atoms with Crippen LogP contribution in [-0.2, 0) is 6.42 Å². The third kappa shape index (κ3) is 3.08. The van der Waals surface area contributed by atoms with Crippen molar-refractivity contribution in [3.05, 3.63) is 23.4 Å². The van der Waals surface area contributed by atoms with Gasteiger partial charge in [-0.2, -0.15) is 4.98 Å². The number of hydrogen-bond donors (Lipinski definition) is 1. The minimum Gasteiger partial charge on any atom is -0.395 e. The Balaban J connectivity index is 1.49. The molecule has 2 aromatic rings. The smallest absolute Gasteiger partial charge is 0.227 e. The van der Waals surface area contributed by atoms with E-state index >= 15 is 0 Å². The van der Waals surface area contributed by atoms with E-state index < -0.39 is 0 Å². The highest BCUT2D eigenvalue weighted by Gasteiger charge is 2.23. The fourth-order valence-corrected chi connectivity index (χ4v) is 3.34. The van der Waals surface area contributed by atoms with Gasteiger partial charge in [-0.15, -0.1) is 11.3 Å². The lowest BCUT2D eigenvalue weighted by Gasteiger charge is -2.21. The molecule has 0 unspecified atom stereocenters. The molecule has 0 aliphatic carbocycles. The molecule has 0 amide bonds. The third-order valence-corrected chi connectivity index (χ3v) is 4.62. The zero-order valence-electron chi connectivity index (χ0n) is 11.4. The van der Waals surface area contributed by atoms with Crippen LogP contribution in [0, 0.1) is 0 Å². The van der Waals surface area contributed by atoms with E-state index in [1.165, 1.54) is 6.42 Å². The Morgan fingerprint density at radius 2 is 2.45 bits per heavy atom. The number of thiophene rings is 1. The molecule has 2 aromatic heterocycles. The summed E-state index contributed by atoms with van der Waals surface area (Å²) in [5, 5.41) is 15.3. The Morgan fingerprint density at radius 3 is 3.25 bits per heavy atom. The average molecular weight is 293 g/mol. The molecule has 0 saturated carbocycles. The molecule has 0 bridgehead atoms. The molecule has 1 atom stereocenters. The lowest BCUT2D eigenvalue weighted by molar-refractivity contribution is 0.157. The average Bonchev–Trinajstić information content (AvgIpc) is 3.20. The fourth-order valence-electron chi connectivity index (χ4n) is 2.69. The first-order valence-electron chi connectivity index (χ1n) is 7.08. The largest absolute Gasteiger partial charge is 0.395 e. The van der Waals surface area contributed by atoms with Crippen LogP contribution in [0.5, 0.6) is 0 Å². The van der Waals surface area contributed by atoms with Gasteiger partial charge in [0.1, 0.15) is 0 Å². The summed E-state index contributed by atoms with van der Waals surface area (Å²) >= 11 is 1.62. The summed E-state index contributed by atoms with van der Waals surface area (Å²) in [5.74, 6) is 1.39. The first-order valence-corrected chi connectivity index (χ1v) is 7.96. The van der Waals surface area contributed by atoms with Crippen molar-refractivity contribution < 1.29 is 9.63 Å². The third-order valence-electron chi connectivity index (χ3n) is 3.76. The van der Waals surface area contributed by atoms with E-state index in [1.54, 1.807) is 11.3 Å². The molecule has 108 valence electrons. The van der Waals surface area contributed by atoms with Crippen molar-refractivity contribution in [3.8, 4) is 10.7 Å². The van der Waals surface area contributed by atoms with Crippen molar-refractivity contribution in [2.24, 2.45) is 0 Å². The molecule has 0 spiro atoms. The highest BCUT2D eigenvalue weighted by molar-refractivity contribution is 7.13.